The maximum Gasteiger partial charge on any atom is 0.361 e. The van der Waals surface area contributed by atoms with Gasteiger partial charge >= 0.3 is 17.9 Å². The highest BCUT2D eigenvalue weighted by Crippen LogP contribution is 2.18. The van der Waals surface area contributed by atoms with E-state index in [1.54, 1.807) is 0 Å². The molecule has 0 amide bonds. The molecule has 1 N–H and O–H groups in total. The van der Waals surface area contributed by atoms with Crippen LogP contribution in [0.1, 0.15) is 322 Å². The molecule has 9 heteroatoms. The van der Waals surface area contributed by atoms with Crippen LogP contribution in [0, 0.1) is 0 Å². The summed E-state index contributed by atoms with van der Waals surface area (Å²) < 4.78 is 23.0. The number of quaternary nitrogens is 1. The molecular weight excluding hydrogens is 1130 g/mol. The Morgan fingerprint density at radius 1 is 0.341 bits per heavy atom. The number of esters is 2. The lowest BCUT2D eigenvalue weighted by atomic mass is 10.0. The normalized spacial score (nSPS) is 13.4. The molecule has 0 aromatic rings. The molecule has 0 fully saturated rings. The van der Waals surface area contributed by atoms with Crippen LogP contribution in [0.4, 0.5) is 0 Å². The van der Waals surface area contributed by atoms with Crippen molar-refractivity contribution in [3.05, 3.63) is 122 Å². The topological polar surface area (TPSA) is 108 Å². The van der Waals surface area contributed by atoms with Gasteiger partial charge in [0.2, 0.25) is 0 Å². The van der Waals surface area contributed by atoms with E-state index in [2.05, 4.69) is 135 Å². The summed E-state index contributed by atoms with van der Waals surface area (Å²) in [5.74, 6) is -2.00. The first-order valence-electron chi connectivity index (χ1n) is 37.7. The van der Waals surface area contributed by atoms with Gasteiger partial charge in [-0.2, -0.15) is 0 Å². The summed E-state index contributed by atoms with van der Waals surface area (Å²) >= 11 is 0. The van der Waals surface area contributed by atoms with E-state index in [9.17, 15) is 19.5 Å². The minimum atomic E-state index is -1.52. The highest BCUT2D eigenvalue weighted by molar-refractivity contribution is 5.71. The minimum Gasteiger partial charge on any atom is -0.477 e. The first-order valence-corrected chi connectivity index (χ1v) is 37.7. The maximum absolute atomic E-state index is 13.0. The van der Waals surface area contributed by atoms with Crippen LogP contribution < -0.4 is 0 Å². The van der Waals surface area contributed by atoms with Gasteiger partial charge in [0, 0.05) is 12.8 Å². The number of carbonyl (C=O) groups is 3. The van der Waals surface area contributed by atoms with Crippen molar-refractivity contribution in [1.29, 1.82) is 0 Å². The van der Waals surface area contributed by atoms with E-state index in [-0.39, 0.29) is 32.2 Å². The molecule has 0 radical (unpaired) electrons. The molecule has 0 aliphatic carbocycles. The summed E-state index contributed by atoms with van der Waals surface area (Å²) in [7, 11) is 5.98. The van der Waals surface area contributed by atoms with Crippen LogP contribution in [0.15, 0.2) is 122 Å². The second-order valence-electron chi connectivity index (χ2n) is 26.2. The Hall–Kier alpha value is -4.31. The number of carboxylic acids is 1. The van der Waals surface area contributed by atoms with Gasteiger partial charge in [0.05, 0.1) is 34.4 Å². The quantitative estimate of drug-likeness (QED) is 0.0211. The van der Waals surface area contributed by atoms with Crippen LogP contribution in [0.25, 0.3) is 0 Å². The van der Waals surface area contributed by atoms with Gasteiger partial charge in [-0.1, -0.05) is 322 Å². The summed E-state index contributed by atoms with van der Waals surface area (Å²) in [6.45, 7) is 4.78. The summed E-state index contributed by atoms with van der Waals surface area (Å²) in [5, 5.41) is 9.76. The fourth-order valence-electron chi connectivity index (χ4n) is 10.5. The van der Waals surface area contributed by atoms with Crippen LogP contribution >= 0.6 is 0 Å². The standard InChI is InChI=1S/C82H141NO8/c1-6-8-10-12-14-16-18-20-22-24-26-28-30-32-34-36-37-38-39-40-41-42-43-45-47-49-51-53-55-57-59-61-63-65-67-69-71-73-80(85)91-78(77-90-82(81(86)87)88-75-74-83(3,4)5)76-89-79(84)72-70-68-66-64-62-60-58-56-54-52-50-48-46-44-35-33-31-29-27-25-23-21-19-17-15-13-11-9-7-2/h8,10,14,16,19-22,25-28,32,34,37-38,40-41,43,45,78,82H,6-7,9,11-13,15,17-18,23-24,29-31,33,35-36,39,42,44,46-77H2,1-5H3/p+1/b10-8-,16-14-,21-19-,22-20-,27-25-,28-26-,34-32-,38-37-,41-40-,45-43-. The first kappa shape index (κ1) is 86.7. The van der Waals surface area contributed by atoms with Gasteiger partial charge in [-0.3, -0.25) is 9.59 Å². The SMILES string of the molecule is CC/C=C\C/C=C\C/C=C\C/C=C\C/C=C\C/C=C\C/C=C\C/C=C\CCCCCCCCCCCCCCC(=O)OC(COC(=O)CCCCCCCCCCCCCCCCCCC/C=C\C/C=C\CCCCCCC)COC(OCC[N+](C)(C)C)C(=O)O. The van der Waals surface area contributed by atoms with Crippen LogP contribution in [0.2, 0.25) is 0 Å². The minimum absolute atomic E-state index is 0.184. The van der Waals surface area contributed by atoms with Crippen molar-refractivity contribution in [1.82, 2.24) is 0 Å². The van der Waals surface area contributed by atoms with E-state index < -0.39 is 24.3 Å². The number of likely N-dealkylation sites (N-methyl/N-ethyl adjacent to an activating group) is 1. The summed E-state index contributed by atoms with van der Waals surface area (Å²) in [6.07, 6.45) is 98.9. The van der Waals surface area contributed by atoms with Crippen molar-refractivity contribution in [2.75, 3.05) is 47.5 Å². The fourth-order valence-corrected chi connectivity index (χ4v) is 10.5. The Balaban J connectivity index is 4.10. The molecule has 0 aliphatic rings. The Kier molecular flexibility index (Phi) is 68.1. The summed E-state index contributed by atoms with van der Waals surface area (Å²) in [6, 6.07) is 0. The van der Waals surface area contributed by atoms with Crippen LogP contribution in [-0.4, -0.2) is 87.4 Å². The molecule has 0 saturated heterocycles. The lowest BCUT2D eigenvalue weighted by molar-refractivity contribution is -0.870. The van der Waals surface area contributed by atoms with Gasteiger partial charge in [0.1, 0.15) is 13.2 Å². The first-order chi connectivity index (χ1) is 44.6. The van der Waals surface area contributed by atoms with Gasteiger partial charge in [-0.25, -0.2) is 4.79 Å². The third-order valence-electron chi connectivity index (χ3n) is 16.2. The Labute approximate surface area is 561 Å². The highest BCUT2D eigenvalue weighted by atomic mass is 16.7. The number of nitrogens with zero attached hydrogens (tertiary/aromatic N) is 1. The molecule has 0 spiro atoms. The van der Waals surface area contributed by atoms with Crippen molar-refractivity contribution in [2.45, 2.75) is 334 Å². The predicted molar refractivity (Wildman–Crippen MR) is 391 cm³/mol. The molecule has 0 aliphatic heterocycles. The number of ether oxygens (including phenoxy) is 4. The zero-order valence-electron chi connectivity index (χ0n) is 59.7. The fraction of sp³-hybridized carbons (Fsp3) is 0.720. The number of carboxylic acid groups (broad SMARTS) is 1. The van der Waals surface area contributed by atoms with Crippen LogP contribution in [0.5, 0.6) is 0 Å². The van der Waals surface area contributed by atoms with Gasteiger partial charge in [-0.15, -0.1) is 0 Å². The van der Waals surface area contributed by atoms with E-state index in [4.69, 9.17) is 18.9 Å². The molecule has 2 unspecified atom stereocenters. The zero-order chi connectivity index (χ0) is 66.1. The van der Waals surface area contributed by atoms with E-state index in [0.717, 1.165) is 96.3 Å². The van der Waals surface area contributed by atoms with Gasteiger partial charge in [0.25, 0.3) is 6.29 Å². The van der Waals surface area contributed by atoms with E-state index in [1.165, 1.54) is 193 Å². The van der Waals surface area contributed by atoms with E-state index in [1.807, 2.05) is 21.1 Å². The third kappa shape index (κ3) is 73.0. The number of unbranched alkanes of at least 4 members (excludes halogenated alkanes) is 34. The van der Waals surface area contributed by atoms with Crippen molar-refractivity contribution in [3.63, 3.8) is 0 Å². The number of allylic oxidation sites excluding steroid dienone is 20. The molecule has 0 aromatic heterocycles. The molecular formula is C82H142NO8+. The van der Waals surface area contributed by atoms with E-state index in [0.29, 0.717) is 23.9 Å². The molecule has 9 nitrogen and oxygen atoms in total. The Morgan fingerprint density at radius 2 is 0.626 bits per heavy atom. The van der Waals surface area contributed by atoms with Crippen molar-refractivity contribution in [3.8, 4) is 0 Å². The van der Waals surface area contributed by atoms with Crippen LogP contribution in [0.3, 0.4) is 0 Å². The average molecular weight is 1270 g/mol. The van der Waals surface area contributed by atoms with Crippen molar-refractivity contribution in [2.24, 2.45) is 0 Å². The maximum atomic E-state index is 13.0. The molecule has 91 heavy (non-hydrogen) atoms. The Bertz CT molecular complexity index is 1910. The molecule has 0 aromatic carbocycles. The zero-order valence-corrected chi connectivity index (χ0v) is 59.7. The monoisotopic (exact) mass is 1270 g/mol. The molecule has 0 rings (SSSR count). The van der Waals surface area contributed by atoms with Gasteiger partial charge < -0.3 is 28.5 Å². The van der Waals surface area contributed by atoms with Crippen molar-refractivity contribution < 1.29 is 42.9 Å². The molecule has 0 saturated carbocycles. The average Bonchev–Trinajstić information content (AvgIpc) is 3.50. The van der Waals surface area contributed by atoms with Gasteiger partial charge in [-0.05, 0) is 109 Å². The highest BCUT2D eigenvalue weighted by Gasteiger charge is 2.25. The largest absolute Gasteiger partial charge is 0.477 e. The van der Waals surface area contributed by atoms with Crippen molar-refractivity contribution >= 4 is 17.9 Å². The number of carbonyl (C=O) groups excluding carboxylic acids is 2. The number of hydrogen-bond donors (Lipinski definition) is 1. The lowest BCUT2D eigenvalue weighted by Crippen LogP contribution is -2.40. The number of hydrogen-bond acceptors (Lipinski definition) is 7. The molecule has 522 valence electrons. The van der Waals surface area contributed by atoms with Gasteiger partial charge in [0.15, 0.2) is 6.10 Å². The number of rotatable bonds is 69. The van der Waals surface area contributed by atoms with Crippen LogP contribution in [-0.2, 0) is 33.3 Å². The lowest BCUT2D eigenvalue weighted by Gasteiger charge is -2.25. The smallest absolute Gasteiger partial charge is 0.361 e. The molecule has 2 atom stereocenters. The Morgan fingerprint density at radius 3 is 0.934 bits per heavy atom. The number of aliphatic carboxylic acids is 1. The van der Waals surface area contributed by atoms with E-state index >= 15 is 0 Å². The summed E-state index contributed by atoms with van der Waals surface area (Å²) in [5.41, 5.74) is 0. The molecule has 0 heterocycles. The molecule has 0 bridgehead atoms. The predicted octanol–water partition coefficient (Wildman–Crippen LogP) is 23.9. The second kappa shape index (κ2) is 71.5. The third-order valence-corrected chi connectivity index (χ3v) is 16.2. The summed E-state index contributed by atoms with van der Waals surface area (Å²) in [4.78, 5) is 37.7. The second-order valence-corrected chi connectivity index (χ2v) is 26.2.